The molecule has 0 aromatic heterocycles. The van der Waals surface area contributed by atoms with E-state index in [4.69, 9.17) is 34.8 Å². The number of halogens is 3. The molecule has 2 aromatic carbocycles. The Kier molecular flexibility index (Phi) is 8.52. The van der Waals surface area contributed by atoms with Crippen LogP contribution in [-0.2, 0) is 20.4 Å². The second kappa shape index (κ2) is 11.2. The van der Waals surface area contributed by atoms with Crippen LogP contribution >= 0.6 is 34.8 Å². The molecule has 0 aliphatic carbocycles. The minimum atomic E-state index is -3.75. The zero-order chi connectivity index (χ0) is 27.8. The minimum absolute atomic E-state index is 0.0445. The van der Waals surface area contributed by atoms with Crippen LogP contribution in [0, 0.1) is 0 Å². The highest BCUT2D eigenvalue weighted by atomic mass is 35.5. The number of nitrogens with zero attached hydrogens (tertiary/aromatic N) is 2. The summed E-state index contributed by atoms with van der Waals surface area (Å²) in [7, 11) is -3.75. The van der Waals surface area contributed by atoms with Crippen molar-refractivity contribution in [2.45, 2.75) is 37.5 Å². The van der Waals surface area contributed by atoms with Crippen molar-refractivity contribution in [2.75, 3.05) is 37.8 Å². The van der Waals surface area contributed by atoms with Gasteiger partial charge in [-0.3, -0.25) is 14.5 Å². The molecule has 2 fully saturated rings. The van der Waals surface area contributed by atoms with E-state index >= 15 is 0 Å². The van der Waals surface area contributed by atoms with E-state index in [0.717, 1.165) is 32.2 Å². The van der Waals surface area contributed by atoms with Gasteiger partial charge in [-0.2, -0.15) is 0 Å². The number of likely N-dealkylation sites (tertiary alicyclic amines) is 2. The molecule has 4 rings (SSSR count). The van der Waals surface area contributed by atoms with Crippen LogP contribution in [0.15, 0.2) is 36.4 Å². The summed E-state index contributed by atoms with van der Waals surface area (Å²) in [5.74, 6) is -1.22. The Hall–Kier alpha value is -2.08. The van der Waals surface area contributed by atoms with Crippen LogP contribution in [0.3, 0.4) is 0 Å². The van der Waals surface area contributed by atoms with Crippen molar-refractivity contribution in [3.05, 3.63) is 62.6 Å². The molecule has 2 aromatic rings. The number of anilines is 1. The molecule has 2 heterocycles. The molecule has 0 spiro atoms. The van der Waals surface area contributed by atoms with Crippen LogP contribution in [0.1, 0.15) is 35.7 Å². The summed E-state index contributed by atoms with van der Waals surface area (Å²) in [6.45, 7) is 4.17. The highest BCUT2D eigenvalue weighted by molar-refractivity contribution is 7.89. The summed E-state index contributed by atoms with van der Waals surface area (Å²) in [4.78, 5) is 29.3. The summed E-state index contributed by atoms with van der Waals surface area (Å²) in [6, 6.07) is 10.3. The smallest absolute Gasteiger partial charge is 0.267 e. The number of amides is 2. The molecule has 206 valence electrons. The van der Waals surface area contributed by atoms with Crippen molar-refractivity contribution in [2.24, 2.45) is 0 Å². The predicted molar refractivity (Wildman–Crippen MR) is 148 cm³/mol. The summed E-state index contributed by atoms with van der Waals surface area (Å²) in [6.07, 6.45) is 2.47. The number of carbonyl (C=O) groups is 2. The number of benzene rings is 2. The molecule has 3 N–H and O–H groups in total. The monoisotopic (exact) mass is 602 g/mol. The van der Waals surface area contributed by atoms with E-state index < -0.39 is 21.5 Å². The van der Waals surface area contributed by atoms with E-state index in [1.165, 1.54) is 6.92 Å². The Balaban J connectivity index is 1.28. The third-order valence-corrected chi connectivity index (χ3v) is 8.29. The van der Waals surface area contributed by atoms with Gasteiger partial charge in [0.25, 0.3) is 11.8 Å². The van der Waals surface area contributed by atoms with E-state index in [1.54, 1.807) is 41.3 Å². The van der Waals surface area contributed by atoms with Crippen molar-refractivity contribution in [1.29, 1.82) is 0 Å². The summed E-state index contributed by atoms with van der Waals surface area (Å²) < 4.78 is 24.6. The topological polar surface area (TPSA) is 119 Å². The van der Waals surface area contributed by atoms with Gasteiger partial charge in [0.05, 0.1) is 27.9 Å². The fourth-order valence-electron chi connectivity index (χ4n) is 4.89. The van der Waals surface area contributed by atoms with Gasteiger partial charge < -0.3 is 15.3 Å². The Bertz CT molecular complexity index is 1320. The number of hydrogen-bond acceptors (Lipinski definition) is 7. The van der Waals surface area contributed by atoms with Gasteiger partial charge in [-0.05, 0) is 49.6 Å². The van der Waals surface area contributed by atoms with Crippen LogP contribution in [0.25, 0.3) is 0 Å². The lowest BCUT2D eigenvalue weighted by molar-refractivity contribution is -0.152. The molecule has 2 saturated heterocycles. The van der Waals surface area contributed by atoms with Crippen LogP contribution in [0.2, 0.25) is 15.1 Å². The lowest BCUT2D eigenvalue weighted by Crippen LogP contribution is -2.61. The Morgan fingerprint density at radius 2 is 1.66 bits per heavy atom. The number of hydrogen-bond donors (Lipinski definition) is 3. The molecule has 9 nitrogen and oxygen atoms in total. The minimum Gasteiger partial charge on any atom is -0.380 e. The fraction of sp³-hybridized carbons (Fsp3) is 0.440. The van der Waals surface area contributed by atoms with E-state index in [0.29, 0.717) is 35.4 Å². The quantitative estimate of drug-likeness (QED) is 0.444. The van der Waals surface area contributed by atoms with E-state index in [-0.39, 0.29) is 27.6 Å². The van der Waals surface area contributed by atoms with Crippen LogP contribution < -0.4 is 10.0 Å². The van der Waals surface area contributed by atoms with Crippen molar-refractivity contribution < 1.29 is 23.1 Å². The van der Waals surface area contributed by atoms with E-state index in [9.17, 15) is 23.1 Å². The normalized spacial score (nSPS) is 18.9. The summed E-state index contributed by atoms with van der Waals surface area (Å²) in [5, 5.41) is 14.8. The maximum atomic E-state index is 13.1. The number of carbonyl (C=O) groups excluding carboxylic acids is 2. The Morgan fingerprint density at radius 1 is 1.05 bits per heavy atom. The maximum absolute atomic E-state index is 13.1. The first kappa shape index (κ1) is 28.9. The van der Waals surface area contributed by atoms with Crippen LogP contribution in [0.4, 0.5) is 5.69 Å². The lowest BCUT2D eigenvalue weighted by Gasteiger charge is -2.48. The predicted octanol–water partition coefficient (Wildman–Crippen LogP) is 3.33. The summed E-state index contributed by atoms with van der Waals surface area (Å²) in [5.41, 5.74) is -0.648. The zero-order valence-electron chi connectivity index (χ0n) is 20.9. The highest BCUT2D eigenvalue weighted by Gasteiger charge is 2.40. The van der Waals surface area contributed by atoms with E-state index in [1.807, 2.05) is 4.72 Å². The first-order valence-corrected chi connectivity index (χ1v) is 15.1. The molecule has 2 amide bonds. The van der Waals surface area contributed by atoms with Crippen LogP contribution in [0.5, 0.6) is 0 Å². The molecule has 0 unspecified atom stereocenters. The number of nitrogens with one attached hydrogen (secondary N) is 2. The van der Waals surface area contributed by atoms with Gasteiger partial charge >= 0.3 is 0 Å². The molecule has 13 heteroatoms. The third-order valence-electron chi connectivity index (χ3n) is 6.90. The van der Waals surface area contributed by atoms with Gasteiger partial charge in [-0.1, -0.05) is 46.9 Å². The molecule has 38 heavy (non-hydrogen) atoms. The molecule has 0 bridgehead atoms. The SMILES string of the molecule is C[C@@](O)(C(=O)N1CCC(N2CC(Nc3cc(Cl)c(C(=O)NS(C)(=O)=O)c(Cl)c3)C2)CC1)c1cccc(Cl)c1. The largest absolute Gasteiger partial charge is 0.380 e. The first-order valence-electron chi connectivity index (χ1n) is 12.0. The Labute approximate surface area is 237 Å². The molecular formula is C25H29Cl3N4O5S. The molecule has 1 atom stereocenters. The van der Waals surface area contributed by atoms with Gasteiger partial charge in [-0.25, -0.2) is 13.1 Å². The van der Waals surface area contributed by atoms with E-state index in [2.05, 4.69) is 10.2 Å². The lowest BCUT2D eigenvalue weighted by atomic mass is 9.92. The van der Waals surface area contributed by atoms with Gasteiger partial charge in [0.1, 0.15) is 0 Å². The number of aliphatic hydroxyl groups is 1. The van der Waals surface area contributed by atoms with Crippen molar-refractivity contribution in [1.82, 2.24) is 14.5 Å². The average Bonchev–Trinajstić information content (AvgIpc) is 2.79. The second-order valence-electron chi connectivity index (χ2n) is 9.92. The maximum Gasteiger partial charge on any atom is 0.267 e. The highest BCUT2D eigenvalue weighted by Crippen LogP contribution is 2.32. The van der Waals surface area contributed by atoms with Crippen molar-refractivity contribution >= 4 is 62.3 Å². The average molecular weight is 604 g/mol. The molecule has 2 aliphatic heterocycles. The Morgan fingerprint density at radius 3 is 2.21 bits per heavy atom. The second-order valence-corrected chi connectivity index (χ2v) is 12.9. The molecular weight excluding hydrogens is 575 g/mol. The van der Waals surface area contributed by atoms with Gasteiger partial charge in [0.2, 0.25) is 10.0 Å². The first-order chi connectivity index (χ1) is 17.7. The molecule has 0 radical (unpaired) electrons. The van der Waals surface area contributed by atoms with Crippen molar-refractivity contribution in [3.8, 4) is 0 Å². The molecule has 0 saturated carbocycles. The summed E-state index contributed by atoms with van der Waals surface area (Å²) >= 11 is 18.5. The zero-order valence-corrected chi connectivity index (χ0v) is 24.0. The number of rotatable bonds is 7. The van der Waals surface area contributed by atoms with Gasteiger partial charge in [0, 0.05) is 42.9 Å². The van der Waals surface area contributed by atoms with Gasteiger partial charge in [-0.15, -0.1) is 0 Å². The number of sulfonamides is 1. The fourth-order valence-corrected chi connectivity index (χ4v) is 6.18. The van der Waals surface area contributed by atoms with Gasteiger partial charge in [0.15, 0.2) is 5.60 Å². The third kappa shape index (κ3) is 6.55. The number of piperidine rings is 1. The standard InChI is InChI=1S/C25H29Cl3N4O5S/c1-25(35,15-4-3-5-16(26)10-15)24(34)31-8-6-19(7-9-31)32-13-18(14-32)29-17-11-20(27)22(21(28)12-17)23(33)30-38(2,36)37/h3-5,10-12,18-19,29,35H,6-9,13-14H2,1-2H3,(H,30,33)/t25-/m0/s1. The van der Waals surface area contributed by atoms with Crippen LogP contribution in [-0.4, -0.2) is 79.7 Å². The molecule has 2 aliphatic rings. The van der Waals surface area contributed by atoms with Crippen molar-refractivity contribution in [3.63, 3.8) is 0 Å².